The van der Waals surface area contributed by atoms with Gasteiger partial charge in [-0.3, -0.25) is 0 Å². The normalized spacial score (nSPS) is 12.8. The standard InChI is InChI=1S/C12H17N3OS/c1-9(5-11-3-2-4-16-11)14-7-10-8-17-12(6-13)15-10/h2-4,8-9,14H,5-7,13H2,1H3. The Kier molecular flexibility index (Phi) is 4.30. The summed E-state index contributed by atoms with van der Waals surface area (Å²) in [5, 5.41) is 6.45. The fourth-order valence-corrected chi connectivity index (χ4v) is 2.28. The van der Waals surface area contributed by atoms with Crippen molar-refractivity contribution in [3.63, 3.8) is 0 Å². The van der Waals surface area contributed by atoms with Gasteiger partial charge in [-0.05, 0) is 19.1 Å². The lowest BCUT2D eigenvalue weighted by atomic mass is 10.2. The number of nitrogens with two attached hydrogens (primary N) is 1. The van der Waals surface area contributed by atoms with Crippen LogP contribution in [-0.2, 0) is 19.5 Å². The van der Waals surface area contributed by atoms with Crippen LogP contribution in [0, 0.1) is 0 Å². The van der Waals surface area contributed by atoms with Crippen LogP contribution < -0.4 is 11.1 Å². The van der Waals surface area contributed by atoms with Gasteiger partial charge in [0.25, 0.3) is 0 Å². The van der Waals surface area contributed by atoms with Crippen LogP contribution in [0.1, 0.15) is 23.4 Å². The summed E-state index contributed by atoms with van der Waals surface area (Å²) in [4.78, 5) is 4.41. The molecule has 92 valence electrons. The Morgan fingerprint density at radius 2 is 2.47 bits per heavy atom. The molecule has 1 atom stereocenters. The van der Waals surface area contributed by atoms with E-state index in [0.717, 1.165) is 29.4 Å². The summed E-state index contributed by atoms with van der Waals surface area (Å²) in [5.74, 6) is 1.01. The summed E-state index contributed by atoms with van der Waals surface area (Å²) in [7, 11) is 0. The van der Waals surface area contributed by atoms with E-state index in [9.17, 15) is 0 Å². The molecule has 4 nitrogen and oxygen atoms in total. The summed E-state index contributed by atoms with van der Waals surface area (Å²) in [6.07, 6.45) is 2.59. The van der Waals surface area contributed by atoms with E-state index in [-0.39, 0.29) is 0 Å². The van der Waals surface area contributed by atoms with Crippen molar-refractivity contribution in [3.05, 3.63) is 40.2 Å². The average Bonchev–Trinajstić information content (AvgIpc) is 2.96. The zero-order valence-corrected chi connectivity index (χ0v) is 10.7. The molecule has 2 heterocycles. The van der Waals surface area contributed by atoms with E-state index in [1.807, 2.05) is 12.1 Å². The van der Waals surface area contributed by atoms with E-state index in [2.05, 4.69) is 22.6 Å². The Balaban J connectivity index is 1.77. The summed E-state index contributed by atoms with van der Waals surface area (Å²) in [5.41, 5.74) is 6.58. The third kappa shape index (κ3) is 3.66. The second-order valence-corrected chi connectivity index (χ2v) is 4.94. The Bertz CT molecular complexity index is 438. The molecule has 1 unspecified atom stereocenters. The molecule has 0 aromatic carbocycles. The molecule has 2 aromatic rings. The van der Waals surface area contributed by atoms with E-state index in [1.165, 1.54) is 0 Å². The monoisotopic (exact) mass is 251 g/mol. The van der Waals surface area contributed by atoms with Crippen molar-refractivity contribution < 1.29 is 4.42 Å². The van der Waals surface area contributed by atoms with Gasteiger partial charge >= 0.3 is 0 Å². The largest absolute Gasteiger partial charge is 0.469 e. The van der Waals surface area contributed by atoms with Crippen molar-refractivity contribution in [2.45, 2.75) is 32.5 Å². The first-order chi connectivity index (χ1) is 8.28. The second kappa shape index (κ2) is 5.95. The highest BCUT2D eigenvalue weighted by Gasteiger charge is 2.06. The van der Waals surface area contributed by atoms with Gasteiger partial charge in [-0.2, -0.15) is 0 Å². The molecule has 0 radical (unpaired) electrons. The van der Waals surface area contributed by atoms with Crippen LogP contribution in [0.25, 0.3) is 0 Å². The highest BCUT2D eigenvalue weighted by atomic mass is 32.1. The van der Waals surface area contributed by atoms with Gasteiger partial charge in [0.05, 0.1) is 12.0 Å². The molecule has 0 aliphatic carbocycles. The predicted molar refractivity (Wildman–Crippen MR) is 68.7 cm³/mol. The first kappa shape index (κ1) is 12.3. The molecule has 0 spiro atoms. The van der Waals surface area contributed by atoms with Crippen LogP contribution in [0.2, 0.25) is 0 Å². The van der Waals surface area contributed by atoms with Crippen molar-refractivity contribution in [1.82, 2.24) is 10.3 Å². The maximum absolute atomic E-state index is 5.52. The molecule has 3 N–H and O–H groups in total. The molecule has 0 aliphatic rings. The van der Waals surface area contributed by atoms with Gasteiger partial charge in [-0.25, -0.2) is 4.98 Å². The molecule has 0 bridgehead atoms. The third-order valence-corrected chi connectivity index (χ3v) is 3.41. The zero-order chi connectivity index (χ0) is 12.1. The van der Waals surface area contributed by atoms with Crippen molar-refractivity contribution in [2.24, 2.45) is 5.73 Å². The molecule has 0 aliphatic heterocycles. The highest BCUT2D eigenvalue weighted by molar-refractivity contribution is 7.09. The molecule has 0 fully saturated rings. The fourth-order valence-electron chi connectivity index (χ4n) is 1.61. The molecule has 0 saturated heterocycles. The van der Waals surface area contributed by atoms with Gasteiger partial charge in [0.15, 0.2) is 0 Å². The Hall–Kier alpha value is -1.17. The SMILES string of the molecule is CC(Cc1ccco1)NCc1csc(CN)n1. The molecule has 2 aromatic heterocycles. The zero-order valence-electron chi connectivity index (χ0n) is 9.85. The quantitative estimate of drug-likeness (QED) is 0.823. The number of furan rings is 1. The van der Waals surface area contributed by atoms with Crippen LogP contribution in [0.3, 0.4) is 0 Å². The van der Waals surface area contributed by atoms with Crippen molar-refractivity contribution >= 4 is 11.3 Å². The lowest BCUT2D eigenvalue weighted by Crippen LogP contribution is -2.27. The summed E-state index contributed by atoms with van der Waals surface area (Å²) in [6, 6.07) is 4.27. The first-order valence-electron chi connectivity index (χ1n) is 5.67. The summed E-state index contributed by atoms with van der Waals surface area (Å²) in [6.45, 7) is 3.43. The van der Waals surface area contributed by atoms with Crippen molar-refractivity contribution in [2.75, 3.05) is 0 Å². The topological polar surface area (TPSA) is 64.1 Å². The minimum atomic E-state index is 0.365. The molecule has 0 amide bonds. The third-order valence-electron chi connectivity index (χ3n) is 2.49. The van der Waals surface area contributed by atoms with Crippen LogP contribution in [0.4, 0.5) is 0 Å². The van der Waals surface area contributed by atoms with Crippen LogP contribution in [-0.4, -0.2) is 11.0 Å². The number of rotatable bonds is 6. The number of nitrogens with one attached hydrogen (secondary N) is 1. The fraction of sp³-hybridized carbons (Fsp3) is 0.417. The smallest absolute Gasteiger partial charge is 0.106 e. The van der Waals surface area contributed by atoms with E-state index >= 15 is 0 Å². The van der Waals surface area contributed by atoms with Gasteiger partial charge < -0.3 is 15.5 Å². The number of thiazole rings is 1. The maximum atomic E-state index is 5.52. The van der Waals surface area contributed by atoms with Gasteiger partial charge in [-0.1, -0.05) is 0 Å². The maximum Gasteiger partial charge on any atom is 0.106 e. The molecular formula is C12H17N3OS. The Morgan fingerprint density at radius 3 is 3.12 bits per heavy atom. The van der Waals surface area contributed by atoms with E-state index < -0.39 is 0 Å². The number of aromatic nitrogens is 1. The minimum absolute atomic E-state index is 0.365. The Morgan fingerprint density at radius 1 is 1.59 bits per heavy atom. The van der Waals surface area contributed by atoms with Crippen LogP contribution >= 0.6 is 11.3 Å². The number of hydrogen-bond acceptors (Lipinski definition) is 5. The predicted octanol–water partition coefficient (Wildman–Crippen LogP) is 1.92. The minimum Gasteiger partial charge on any atom is -0.469 e. The lowest BCUT2D eigenvalue weighted by Gasteiger charge is -2.10. The van der Waals surface area contributed by atoms with Gasteiger partial charge in [0.1, 0.15) is 10.8 Å². The van der Waals surface area contributed by atoms with Crippen LogP contribution in [0.5, 0.6) is 0 Å². The van der Waals surface area contributed by atoms with E-state index in [1.54, 1.807) is 17.6 Å². The Labute approximate surface area is 105 Å². The summed E-state index contributed by atoms with van der Waals surface area (Å²) >= 11 is 1.61. The van der Waals surface area contributed by atoms with Gasteiger partial charge in [0, 0.05) is 30.9 Å². The number of nitrogens with zero attached hydrogens (tertiary/aromatic N) is 1. The van der Waals surface area contributed by atoms with Crippen molar-refractivity contribution in [1.29, 1.82) is 0 Å². The molecule has 5 heteroatoms. The van der Waals surface area contributed by atoms with Gasteiger partial charge in [0.2, 0.25) is 0 Å². The molecule has 0 saturated carbocycles. The van der Waals surface area contributed by atoms with Gasteiger partial charge in [-0.15, -0.1) is 11.3 Å². The second-order valence-electron chi connectivity index (χ2n) is 4.00. The molecule has 2 rings (SSSR count). The number of hydrogen-bond donors (Lipinski definition) is 2. The van der Waals surface area contributed by atoms with E-state index in [0.29, 0.717) is 12.6 Å². The molecule has 17 heavy (non-hydrogen) atoms. The highest BCUT2D eigenvalue weighted by Crippen LogP contribution is 2.09. The van der Waals surface area contributed by atoms with E-state index in [4.69, 9.17) is 10.2 Å². The summed E-state index contributed by atoms with van der Waals surface area (Å²) < 4.78 is 5.31. The first-order valence-corrected chi connectivity index (χ1v) is 6.55. The van der Waals surface area contributed by atoms with Crippen molar-refractivity contribution in [3.8, 4) is 0 Å². The lowest BCUT2D eigenvalue weighted by molar-refractivity contribution is 0.455. The van der Waals surface area contributed by atoms with Crippen LogP contribution in [0.15, 0.2) is 28.2 Å². The average molecular weight is 251 g/mol. The molecular weight excluding hydrogens is 234 g/mol.